The Morgan fingerprint density at radius 1 is 1.09 bits per heavy atom. The lowest BCUT2D eigenvalue weighted by atomic mass is 10.0. The molecule has 0 aliphatic carbocycles. The summed E-state index contributed by atoms with van der Waals surface area (Å²) in [6, 6.07) is 10.4. The number of likely N-dealkylation sites (N-methyl/N-ethyl adjacent to an activating group) is 1. The van der Waals surface area contributed by atoms with Crippen molar-refractivity contribution in [2.75, 3.05) is 26.2 Å². The van der Waals surface area contributed by atoms with Crippen LogP contribution in [0.3, 0.4) is 0 Å². The van der Waals surface area contributed by atoms with E-state index in [0.29, 0.717) is 17.0 Å². The molecule has 1 unspecified atom stereocenters. The number of hydrogen-bond acceptors (Lipinski definition) is 6. The Hall–Kier alpha value is -2.89. The summed E-state index contributed by atoms with van der Waals surface area (Å²) in [5.41, 5.74) is 1.34. The normalized spacial score (nSPS) is 11.6. The van der Waals surface area contributed by atoms with E-state index in [0.717, 1.165) is 0 Å². The van der Waals surface area contributed by atoms with E-state index in [1.807, 2.05) is 0 Å². The Kier molecular flexibility index (Phi) is 4.95. The monoisotopic (exact) mass is 317 g/mol. The molecule has 2 aromatic carbocycles. The third kappa shape index (κ3) is 3.48. The molecule has 2 aromatic rings. The number of ether oxygens (including phenoxy) is 2. The molecule has 0 spiro atoms. The number of carbonyl (C=O) groups excluding carboxylic acids is 1. The lowest BCUT2D eigenvalue weighted by molar-refractivity contribution is -0.142. The topological polar surface area (TPSA) is 79.2 Å². The van der Waals surface area contributed by atoms with Crippen molar-refractivity contribution in [3.63, 3.8) is 0 Å². The maximum Gasteiger partial charge on any atom is 0.333 e. The molecule has 1 atom stereocenters. The van der Waals surface area contributed by atoms with Crippen LogP contribution in [0.4, 0.5) is 5.69 Å². The Labute approximate surface area is 134 Å². The van der Waals surface area contributed by atoms with E-state index in [1.165, 1.54) is 32.4 Å². The molecule has 0 aliphatic heterocycles. The van der Waals surface area contributed by atoms with Crippen molar-refractivity contribution in [3.05, 3.63) is 48.0 Å². The predicted octanol–water partition coefficient (Wildman–Crippen LogP) is 2.46. The first-order valence-electron chi connectivity index (χ1n) is 6.94. The molecule has 0 radical (unpaired) electrons. The third-order valence-corrected chi connectivity index (χ3v) is 3.59. The van der Waals surface area contributed by atoms with Gasteiger partial charge in [-0.15, -0.1) is 0 Å². The minimum atomic E-state index is -0.699. The molecule has 2 N–H and O–H groups in total. The number of aromatic hydroxyl groups is 2. The van der Waals surface area contributed by atoms with Crippen LogP contribution >= 0.6 is 0 Å². The summed E-state index contributed by atoms with van der Waals surface area (Å²) < 4.78 is 9.99. The van der Waals surface area contributed by atoms with Crippen molar-refractivity contribution in [2.45, 2.75) is 6.04 Å². The first-order chi connectivity index (χ1) is 11.0. The maximum atomic E-state index is 12.2. The van der Waals surface area contributed by atoms with Gasteiger partial charge >= 0.3 is 5.97 Å². The average molecular weight is 317 g/mol. The fraction of sp³-hybridized carbons (Fsp3) is 0.235. The summed E-state index contributed by atoms with van der Waals surface area (Å²) in [4.78, 5) is 13.9. The third-order valence-electron chi connectivity index (χ3n) is 3.59. The Morgan fingerprint density at radius 3 is 2.30 bits per heavy atom. The molecule has 0 aromatic heterocycles. The highest BCUT2D eigenvalue weighted by Gasteiger charge is 2.27. The standard InChI is InChI=1S/C17H19NO5/c1-18(12-6-9-14(20)15(10-12)22-2)16(17(21)23-3)11-4-7-13(19)8-5-11/h4-10,16,19-20H,1-3H3. The summed E-state index contributed by atoms with van der Waals surface area (Å²) in [5.74, 6) is 0.00382. The van der Waals surface area contributed by atoms with Gasteiger partial charge in [0.05, 0.1) is 14.2 Å². The van der Waals surface area contributed by atoms with E-state index < -0.39 is 12.0 Å². The Bertz CT molecular complexity index is 684. The highest BCUT2D eigenvalue weighted by molar-refractivity contribution is 5.82. The van der Waals surface area contributed by atoms with Gasteiger partial charge in [-0.05, 0) is 29.8 Å². The number of hydrogen-bond donors (Lipinski definition) is 2. The van der Waals surface area contributed by atoms with E-state index in [1.54, 1.807) is 36.2 Å². The molecule has 6 heteroatoms. The van der Waals surface area contributed by atoms with Crippen molar-refractivity contribution in [1.82, 2.24) is 0 Å². The number of methoxy groups -OCH3 is 2. The lowest BCUT2D eigenvalue weighted by Crippen LogP contribution is -2.31. The number of phenolic OH excluding ortho intramolecular Hbond substituents is 2. The smallest absolute Gasteiger partial charge is 0.333 e. The molecule has 0 saturated carbocycles. The largest absolute Gasteiger partial charge is 0.508 e. The fourth-order valence-electron chi connectivity index (χ4n) is 2.32. The summed E-state index contributed by atoms with van der Waals surface area (Å²) in [7, 11) is 4.51. The number of nitrogens with zero attached hydrogens (tertiary/aromatic N) is 1. The molecule has 23 heavy (non-hydrogen) atoms. The van der Waals surface area contributed by atoms with Gasteiger partial charge in [0.2, 0.25) is 0 Å². The van der Waals surface area contributed by atoms with Crippen molar-refractivity contribution >= 4 is 11.7 Å². The quantitative estimate of drug-likeness (QED) is 0.825. The molecular formula is C17H19NO5. The molecule has 2 rings (SSSR count). The molecule has 122 valence electrons. The van der Waals surface area contributed by atoms with Crippen molar-refractivity contribution in [2.24, 2.45) is 0 Å². The van der Waals surface area contributed by atoms with Gasteiger partial charge in [-0.3, -0.25) is 0 Å². The number of benzene rings is 2. The lowest BCUT2D eigenvalue weighted by Gasteiger charge is -2.28. The van der Waals surface area contributed by atoms with Crippen LogP contribution in [0, 0.1) is 0 Å². The van der Waals surface area contributed by atoms with Gasteiger partial charge in [-0.2, -0.15) is 0 Å². The molecule has 0 aliphatic rings. The van der Waals surface area contributed by atoms with Crippen LogP contribution in [0.1, 0.15) is 11.6 Å². The predicted molar refractivity (Wildman–Crippen MR) is 85.9 cm³/mol. The van der Waals surface area contributed by atoms with Crippen LogP contribution in [0.15, 0.2) is 42.5 Å². The summed E-state index contributed by atoms with van der Waals surface area (Å²) in [5, 5.41) is 19.1. The second kappa shape index (κ2) is 6.91. The zero-order chi connectivity index (χ0) is 17.0. The van der Waals surface area contributed by atoms with Crippen molar-refractivity contribution in [3.8, 4) is 17.2 Å². The van der Waals surface area contributed by atoms with E-state index >= 15 is 0 Å². The zero-order valence-electron chi connectivity index (χ0n) is 13.2. The molecular weight excluding hydrogens is 298 g/mol. The summed E-state index contributed by atoms with van der Waals surface area (Å²) in [6.45, 7) is 0. The van der Waals surface area contributed by atoms with Gasteiger partial charge in [0.15, 0.2) is 17.5 Å². The summed E-state index contributed by atoms with van der Waals surface area (Å²) >= 11 is 0. The second-order valence-electron chi connectivity index (χ2n) is 4.98. The Balaban J connectivity index is 2.42. The molecule has 0 heterocycles. The molecule has 0 fully saturated rings. The zero-order valence-corrected chi connectivity index (χ0v) is 13.2. The number of anilines is 1. The van der Waals surface area contributed by atoms with Crippen LogP contribution in [-0.2, 0) is 9.53 Å². The molecule has 0 bridgehead atoms. The highest BCUT2D eigenvalue weighted by atomic mass is 16.5. The minimum Gasteiger partial charge on any atom is -0.508 e. The number of carbonyl (C=O) groups is 1. The van der Waals surface area contributed by atoms with Gasteiger partial charge < -0.3 is 24.6 Å². The summed E-state index contributed by atoms with van der Waals surface area (Å²) in [6.07, 6.45) is 0. The van der Waals surface area contributed by atoms with E-state index in [-0.39, 0.29) is 11.5 Å². The Morgan fingerprint density at radius 2 is 1.74 bits per heavy atom. The SMILES string of the molecule is COC(=O)C(c1ccc(O)cc1)N(C)c1ccc(O)c(OC)c1. The van der Waals surface area contributed by atoms with Crippen LogP contribution in [0.25, 0.3) is 0 Å². The molecule has 0 amide bonds. The fourth-order valence-corrected chi connectivity index (χ4v) is 2.32. The first-order valence-corrected chi connectivity index (χ1v) is 6.94. The number of esters is 1. The van der Waals surface area contributed by atoms with E-state index in [9.17, 15) is 15.0 Å². The van der Waals surface area contributed by atoms with Gasteiger partial charge in [0.1, 0.15) is 5.75 Å². The van der Waals surface area contributed by atoms with E-state index in [4.69, 9.17) is 9.47 Å². The van der Waals surface area contributed by atoms with Crippen LogP contribution in [-0.4, -0.2) is 37.4 Å². The van der Waals surface area contributed by atoms with Gasteiger partial charge in [0.25, 0.3) is 0 Å². The molecule has 6 nitrogen and oxygen atoms in total. The number of rotatable bonds is 5. The highest BCUT2D eigenvalue weighted by Crippen LogP contribution is 2.34. The van der Waals surface area contributed by atoms with Crippen LogP contribution < -0.4 is 9.64 Å². The van der Waals surface area contributed by atoms with Crippen LogP contribution in [0.2, 0.25) is 0 Å². The maximum absolute atomic E-state index is 12.2. The number of phenols is 2. The molecule has 0 saturated heterocycles. The van der Waals surface area contributed by atoms with Crippen molar-refractivity contribution < 1.29 is 24.5 Å². The van der Waals surface area contributed by atoms with Gasteiger partial charge in [-0.1, -0.05) is 12.1 Å². The average Bonchev–Trinajstić information content (AvgIpc) is 2.56. The van der Waals surface area contributed by atoms with Crippen molar-refractivity contribution in [1.29, 1.82) is 0 Å². The van der Waals surface area contributed by atoms with Crippen LogP contribution in [0.5, 0.6) is 17.2 Å². The minimum absolute atomic E-state index is 0.0175. The van der Waals surface area contributed by atoms with E-state index in [2.05, 4.69) is 0 Å². The first kappa shape index (κ1) is 16.5. The second-order valence-corrected chi connectivity index (χ2v) is 4.98. The van der Waals surface area contributed by atoms with Gasteiger partial charge in [0, 0.05) is 18.8 Å². The van der Waals surface area contributed by atoms with Gasteiger partial charge in [-0.25, -0.2) is 4.79 Å².